The number of rotatable bonds is 3. The van der Waals surface area contributed by atoms with Crippen molar-refractivity contribution in [1.82, 2.24) is 14.7 Å². The van der Waals surface area contributed by atoms with E-state index in [1.54, 1.807) is 22.7 Å². The van der Waals surface area contributed by atoms with Gasteiger partial charge in [0.15, 0.2) is 0 Å². The zero-order chi connectivity index (χ0) is 17.3. The maximum atomic E-state index is 13.1. The van der Waals surface area contributed by atoms with E-state index in [1.165, 1.54) is 19.3 Å². The summed E-state index contributed by atoms with van der Waals surface area (Å²) in [6.45, 7) is 2.64. The van der Waals surface area contributed by atoms with E-state index in [-0.39, 0.29) is 12.5 Å². The van der Waals surface area contributed by atoms with Gasteiger partial charge < -0.3 is 10.0 Å². The van der Waals surface area contributed by atoms with Crippen LogP contribution in [0, 0.1) is 5.41 Å². The predicted octanol–water partition coefficient (Wildman–Crippen LogP) is 2.79. The van der Waals surface area contributed by atoms with E-state index < -0.39 is 11.4 Å². The van der Waals surface area contributed by atoms with Crippen molar-refractivity contribution in [1.29, 1.82) is 0 Å². The number of carboxylic acids is 1. The summed E-state index contributed by atoms with van der Waals surface area (Å²) in [7, 11) is 1.85. The third kappa shape index (κ3) is 3.19. The molecule has 0 radical (unpaired) electrons. The van der Waals surface area contributed by atoms with Crippen molar-refractivity contribution < 1.29 is 14.7 Å². The topological polar surface area (TPSA) is 75.4 Å². The number of aliphatic carboxylic acids is 1. The lowest BCUT2D eigenvalue weighted by Crippen LogP contribution is -2.48. The molecule has 0 spiro atoms. The number of amides is 1. The Morgan fingerprint density at radius 2 is 1.96 bits per heavy atom. The molecule has 1 aliphatic carbocycles. The minimum absolute atomic E-state index is 0.0594. The van der Waals surface area contributed by atoms with Gasteiger partial charge in [0.25, 0.3) is 5.91 Å². The summed E-state index contributed by atoms with van der Waals surface area (Å²) in [5, 5.41) is 14.1. The molecular weight excluding hydrogens is 306 g/mol. The number of carbonyl (C=O) groups is 2. The van der Waals surface area contributed by atoms with Crippen molar-refractivity contribution >= 4 is 11.9 Å². The average molecular weight is 333 g/mol. The number of hydrogen-bond acceptors (Lipinski definition) is 3. The van der Waals surface area contributed by atoms with Gasteiger partial charge in [-0.2, -0.15) is 5.10 Å². The van der Waals surface area contributed by atoms with Crippen LogP contribution in [0.2, 0.25) is 0 Å². The number of aryl methyl sites for hydroxylation is 1. The van der Waals surface area contributed by atoms with E-state index in [1.807, 2.05) is 7.05 Å². The van der Waals surface area contributed by atoms with Crippen LogP contribution in [0.25, 0.3) is 0 Å². The Hall–Kier alpha value is -1.85. The first-order valence-corrected chi connectivity index (χ1v) is 8.97. The molecule has 1 atom stereocenters. The molecule has 2 aliphatic rings. The fraction of sp³-hybridized carbons (Fsp3) is 0.722. The first kappa shape index (κ1) is 17.0. The molecule has 132 valence electrons. The molecular formula is C18H27N3O3. The van der Waals surface area contributed by atoms with E-state index in [9.17, 15) is 14.7 Å². The summed E-state index contributed by atoms with van der Waals surface area (Å²) in [6, 6.07) is 0. The third-order valence-electron chi connectivity index (χ3n) is 5.58. The highest BCUT2D eigenvalue weighted by Gasteiger charge is 2.40. The van der Waals surface area contributed by atoms with Gasteiger partial charge in [0.05, 0.1) is 16.7 Å². The van der Waals surface area contributed by atoms with E-state index in [4.69, 9.17) is 0 Å². The molecule has 1 N–H and O–H groups in total. The first-order chi connectivity index (χ1) is 11.4. The zero-order valence-electron chi connectivity index (χ0n) is 14.6. The molecule has 6 nitrogen and oxygen atoms in total. The maximum Gasteiger partial charge on any atom is 0.311 e. The van der Waals surface area contributed by atoms with Crippen molar-refractivity contribution in [3.05, 3.63) is 17.5 Å². The van der Waals surface area contributed by atoms with Gasteiger partial charge in [-0.15, -0.1) is 0 Å². The largest absolute Gasteiger partial charge is 0.481 e. The molecule has 3 rings (SSSR count). The lowest BCUT2D eigenvalue weighted by atomic mass is 9.81. The molecule has 1 saturated heterocycles. The van der Waals surface area contributed by atoms with Gasteiger partial charge in [0, 0.05) is 32.3 Å². The van der Waals surface area contributed by atoms with Gasteiger partial charge in [-0.1, -0.05) is 19.3 Å². The lowest BCUT2D eigenvalue weighted by molar-refractivity contribution is -0.150. The highest BCUT2D eigenvalue weighted by Crippen LogP contribution is 2.35. The molecule has 1 aromatic heterocycles. The second kappa shape index (κ2) is 6.57. The Morgan fingerprint density at radius 3 is 2.62 bits per heavy atom. The van der Waals surface area contributed by atoms with Crippen molar-refractivity contribution in [3.8, 4) is 0 Å². The van der Waals surface area contributed by atoms with Gasteiger partial charge >= 0.3 is 5.97 Å². The second-order valence-electron chi connectivity index (χ2n) is 7.63. The highest BCUT2D eigenvalue weighted by molar-refractivity contribution is 5.95. The number of carbonyl (C=O) groups excluding carboxylic acids is 1. The molecule has 0 aromatic carbocycles. The Morgan fingerprint density at radius 1 is 1.25 bits per heavy atom. The molecule has 24 heavy (non-hydrogen) atoms. The van der Waals surface area contributed by atoms with Gasteiger partial charge in [-0.05, 0) is 32.6 Å². The van der Waals surface area contributed by atoms with Crippen molar-refractivity contribution in [2.24, 2.45) is 12.5 Å². The summed E-state index contributed by atoms with van der Waals surface area (Å²) in [6.07, 6.45) is 8.97. The molecule has 1 aromatic rings. The second-order valence-corrected chi connectivity index (χ2v) is 7.63. The van der Waals surface area contributed by atoms with Crippen LogP contribution in [0.15, 0.2) is 6.20 Å². The molecule has 6 heteroatoms. The fourth-order valence-electron chi connectivity index (χ4n) is 4.11. The number of aromatic nitrogens is 2. The number of likely N-dealkylation sites (tertiary alicyclic amines) is 1. The minimum Gasteiger partial charge on any atom is -0.481 e. The van der Waals surface area contributed by atoms with Crippen LogP contribution in [0.4, 0.5) is 0 Å². The first-order valence-electron chi connectivity index (χ1n) is 8.97. The molecule has 1 unspecified atom stereocenters. The van der Waals surface area contributed by atoms with Crippen molar-refractivity contribution in [2.45, 2.75) is 57.8 Å². The third-order valence-corrected chi connectivity index (χ3v) is 5.58. The van der Waals surface area contributed by atoms with Crippen LogP contribution in [-0.4, -0.2) is 44.8 Å². The summed E-state index contributed by atoms with van der Waals surface area (Å²) >= 11 is 0. The van der Waals surface area contributed by atoms with E-state index in [2.05, 4.69) is 5.10 Å². The molecule has 1 saturated carbocycles. The van der Waals surface area contributed by atoms with Gasteiger partial charge in [-0.25, -0.2) is 0 Å². The molecule has 0 bridgehead atoms. The van der Waals surface area contributed by atoms with Gasteiger partial charge in [0.1, 0.15) is 0 Å². The highest BCUT2D eigenvalue weighted by atomic mass is 16.4. The minimum atomic E-state index is -0.846. The number of nitrogens with zero attached hydrogens (tertiary/aromatic N) is 3. The Balaban J connectivity index is 1.83. The normalized spacial score (nSPS) is 25.7. The lowest BCUT2D eigenvalue weighted by Gasteiger charge is -2.37. The summed E-state index contributed by atoms with van der Waals surface area (Å²) < 4.78 is 1.72. The fourth-order valence-corrected chi connectivity index (χ4v) is 4.11. The summed E-state index contributed by atoms with van der Waals surface area (Å²) in [4.78, 5) is 26.3. The van der Waals surface area contributed by atoms with Crippen molar-refractivity contribution in [3.63, 3.8) is 0 Å². The van der Waals surface area contributed by atoms with Crippen molar-refractivity contribution in [2.75, 3.05) is 13.1 Å². The van der Waals surface area contributed by atoms with E-state index >= 15 is 0 Å². The van der Waals surface area contributed by atoms with Crippen LogP contribution in [0.1, 0.15) is 73.8 Å². The molecule has 1 aliphatic heterocycles. The number of hydrogen-bond donors (Lipinski definition) is 1. The zero-order valence-corrected chi connectivity index (χ0v) is 14.6. The molecule has 2 fully saturated rings. The maximum absolute atomic E-state index is 13.1. The van der Waals surface area contributed by atoms with Crippen LogP contribution in [0.3, 0.4) is 0 Å². The Bertz CT molecular complexity index is 633. The van der Waals surface area contributed by atoms with Gasteiger partial charge in [0.2, 0.25) is 0 Å². The number of piperidine rings is 1. The average Bonchev–Trinajstić information content (AvgIpc) is 2.97. The van der Waals surface area contributed by atoms with Crippen LogP contribution in [-0.2, 0) is 11.8 Å². The summed E-state index contributed by atoms with van der Waals surface area (Å²) in [5.74, 6) is -0.524. The van der Waals surface area contributed by atoms with Crippen LogP contribution in [0.5, 0.6) is 0 Å². The smallest absolute Gasteiger partial charge is 0.311 e. The predicted molar refractivity (Wildman–Crippen MR) is 89.9 cm³/mol. The standard InChI is InChI=1S/C18H27N3O3/c1-18(17(23)24)9-6-10-21(12-18)16(22)14-11-20(2)19-15(14)13-7-4-3-5-8-13/h11,13H,3-10,12H2,1-2H3,(H,23,24). The van der Waals surface area contributed by atoms with E-state index in [0.29, 0.717) is 24.4 Å². The van der Waals surface area contributed by atoms with Gasteiger partial charge in [-0.3, -0.25) is 14.3 Å². The Kier molecular flexibility index (Phi) is 4.65. The van der Waals surface area contributed by atoms with E-state index in [0.717, 1.165) is 25.0 Å². The quantitative estimate of drug-likeness (QED) is 0.923. The molecule has 1 amide bonds. The van der Waals surface area contributed by atoms with Crippen LogP contribution < -0.4 is 0 Å². The summed E-state index contributed by atoms with van der Waals surface area (Å²) in [5.41, 5.74) is 0.727. The molecule has 2 heterocycles. The monoisotopic (exact) mass is 333 g/mol. The van der Waals surface area contributed by atoms with Crippen LogP contribution >= 0.6 is 0 Å². The SMILES string of the molecule is Cn1cc(C(=O)N2CCCC(C)(C(=O)O)C2)c(C2CCCCC2)n1. The number of carboxylic acid groups (broad SMARTS) is 1. The Labute approximate surface area is 142 Å².